The normalized spacial score (nSPS) is 12.0. The van der Waals surface area contributed by atoms with Crippen LogP contribution in [0.25, 0.3) is 103 Å². The zero-order valence-corrected chi connectivity index (χ0v) is 27.7. The van der Waals surface area contributed by atoms with E-state index in [0.717, 1.165) is 54.7 Å². The van der Waals surface area contributed by atoms with Crippen LogP contribution in [0.4, 0.5) is 0 Å². The number of hydrogen-bond donors (Lipinski definition) is 0. The summed E-state index contributed by atoms with van der Waals surface area (Å²) in [5.41, 5.74) is 7.63. The zero-order chi connectivity index (χ0) is 32.8. The Balaban J connectivity index is 1.19. The molecular weight excluding hydrogens is 627 g/mol. The van der Waals surface area contributed by atoms with E-state index >= 15 is 0 Å². The van der Waals surface area contributed by atoms with Crippen LogP contribution in [0.1, 0.15) is 0 Å². The molecule has 3 nitrogen and oxygen atoms in total. The van der Waals surface area contributed by atoms with Gasteiger partial charge in [-0.2, -0.15) is 0 Å². The van der Waals surface area contributed by atoms with Gasteiger partial charge in [0.15, 0.2) is 5.82 Å². The van der Waals surface area contributed by atoms with E-state index in [1.54, 1.807) is 11.3 Å². The van der Waals surface area contributed by atoms with Gasteiger partial charge in [-0.05, 0) is 69.4 Å². The molecule has 8 aromatic carbocycles. The Hall–Kier alpha value is -6.36. The molecule has 0 radical (unpaired) electrons. The van der Waals surface area contributed by atoms with E-state index in [4.69, 9.17) is 9.97 Å². The van der Waals surface area contributed by atoms with E-state index in [0.29, 0.717) is 0 Å². The maximum absolute atomic E-state index is 5.41. The minimum absolute atomic E-state index is 0.736. The summed E-state index contributed by atoms with van der Waals surface area (Å²) >= 11 is 1.77. The van der Waals surface area contributed by atoms with Crippen LogP contribution in [0, 0.1) is 0 Å². The van der Waals surface area contributed by atoms with Crippen molar-refractivity contribution >= 4 is 85.8 Å². The van der Waals surface area contributed by atoms with Crippen molar-refractivity contribution in [2.75, 3.05) is 0 Å². The fraction of sp³-hybridized carbons (Fsp3) is 0. The molecule has 11 aromatic rings. The van der Waals surface area contributed by atoms with Gasteiger partial charge in [0, 0.05) is 37.4 Å². The summed E-state index contributed by atoms with van der Waals surface area (Å²) < 4.78 is 4.76. The monoisotopic (exact) mass is 653 g/mol. The molecule has 0 spiro atoms. The molecule has 232 valence electrons. The molecule has 0 fully saturated rings. The number of aromatic nitrogens is 3. The van der Waals surface area contributed by atoms with E-state index in [1.807, 2.05) is 0 Å². The molecule has 0 bridgehead atoms. The first-order valence-corrected chi connectivity index (χ1v) is 17.7. The van der Waals surface area contributed by atoms with Gasteiger partial charge >= 0.3 is 0 Å². The van der Waals surface area contributed by atoms with Crippen LogP contribution in [-0.4, -0.2) is 14.5 Å². The predicted molar refractivity (Wildman–Crippen MR) is 213 cm³/mol. The smallest absolute Gasteiger partial charge is 0.161 e. The average Bonchev–Trinajstić information content (AvgIpc) is 3.71. The van der Waals surface area contributed by atoms with E-state index in [2.05, 4.69) is 168 Å². The molecule has 3 aromatic heterocycles. The first-order chi connectivity index (χ1) is 24.8. The fourth-order valence-corrected chi connectivity index (χ4v) is 8.99. The second-order valence-corrected chi connectivity index (χ2v) is 14.0. The zero-order valence-electron chi connectivity index (χ0n) is 26.8. The molecule has 0 unspecified atom stereocenters. The molecule has 0 atom stereocenters. The Morgan fingerprint density at radius 2 is 1.10 bits per heavy atom. The second kappa shape index (κ2) is 10.6. The highest BCUT2D eigenvalue weighted by molar-refractivity contribution is 7.26. The van der Waals surface area contributed by atoms with E-state index in [1.165, 1.54) is 48.1 Å². The molecule has 0 aliphatic carbocycles. The fourth-order valence-electron chi connectivity index (χ4n) is 7.83. The van der Waals surface area contributed by atoms with Crippen molar-refractivity contribution < 1.29 is 0 Å². The number of hydrogen-bond acceptors (Lipinski definition) is 3. The molecule has 0 amide bonds. The highest BCUT2D eigenvalue weighted by Crippen LogP contribution is 2.42. The van der Waals surface area contributed by atoms with Gasteiger partial charge in [-0.3, -0.25) is 0 Å². The third-order valence-corrected chi connectivity index (χ3v) is 11.3. The van der Waals surface area contributed by atoms with Crippen molar-refractivity contribution in [2.24, 2.45) is 0 Å². The van der Waals surface area contributed by atoms with Gasteiger partial charge in [0.25, 0.3) is 0 Å². The van der Waals surface area contributed by atoms with Gasteiger partial charge in [0.2, 0.25) is 0 Å². The standard InChI is InChI=1S/C46H27N3S/c1-2-12-29-25-32(22-21-28(29)11-1)43-45-44(37-18-8-10-20-42(37)50-45)48-46(47-43)36-23-24-40(34-16-6-5-15-33(34)36)49-39-19-9-7-17-35(39)38-26-30-13-3-4-14-31(30)27-41(38)49/h1-27H. The Labute approximate surface area is 291 Å². The summed E-state index contributed by atoms with van der Waals surface area (Å²) in [5.74, 6) is 0.736. The summed E-state index contributed by atoms with van der Waals surface area (Å²) in [6.07, 6.45) is 0. The van der Waals surface area contributed by atoms with Crippen LogP contribution in [-0.2, 0) is 0 Å². The summed E-state index contributed by atoms with van der Waals surface area (Å²) in [4.78, 5) is 10.8. The third kappa shape index (κ3) is 4.03. The number of thiophene rings is 1. The van der Waals surface area contributed by atoms with Crippen molar-refractivity contribution in [2.45, 2.75) is 0 Å². The average molecular weight is 654 g/mol. The minimum atomic E-state index is 0.736. The van der Waals surface area contributed by atoms with E-state index in [-0.39, 0.29) is 0 Å². The number of para-hydroxylation sites is 1. The van der Waals surface area contributed by atoms with Crippen LogP contribution in [0.2, 0.25) is 0 Å². The van der Waals surface area contributed by atoms with Gasteiger partial charge in [0.05, 0.1) is 32.6 Å². The maximum Gasteiger partial charge on any atom is 0.161 e. The topological polar surface area (TPSA) is 30.7 Å². The lowest BCUT2D eigenvalue weighted by molar-refractivity contribution is 1.19. The van der Waals surface area contributed by atoms with Gasteiger partial charge in [-0.1, -0.05) is 121 Å². The molecule has 0 saturated heterocycles. The Kier molecular flexibility index (Phi) is 5.83. The lowest BCUT2D eigenvalue weighted by Crippen LogP contribution is -1.98. The van der Waals surface area contributed by atoms with Gasteiger partial charge in [-0.15, -0.1) is 11.3 Å². The molecule has 0 aliphatic rings. The maximum atomic E-state index is 5.41. The highest BCUT2D eigenvalue weighted by atomic mass is 32.1. The van der Waals surface area contributed by atoms with Crippen molar-refractivity contribution in [3.8, 4) is 28.3 Å². The van der Waals surface area contributed by atoms with Crippen LogP contribution in [0.3, 0.4) is 0 Å². The van der Waals surface area contributed by atoms with Crippen molar-refractivity contribution in [1.82, 2.24) is 14.5 Å². The molecule has 0 aliphatic heterocycles. The van der Waals surface area contributed by atoms with Gasteiger partial charge in [0.1, 0.15) is 0 Å². The van der Waals surface area contributed by atoms with E-state index < -0.39 is 0 Å². The lowest BCUT2D eigenvalue weighted by atomic mass is 10.0. The quantitative estimate of drug-likeness (QED) is 0.190. The van der Waals surface area contributed by atoms with Gasteiger partial charge in [-0.25, -0.2) is 9.97 Å². The number of fused-ring (bicyclic) bond motifs is 9. The molecular formula is C46H27N3S. The van der Waals surface area contributed by atoms with Crippen LogP contribution in [0.15, 0.2) is 164 Å². The number of rotatable bonds is 3. The Bertz CT molecular complexity index is 3170. The number of benzene rings is 8. The van der Waals surface area contributed by atoms with Crippen LogP contribution in [0.5, 0.6) is 0 Å². The lowest BCUT2D eigenvalue weighted by Gasteiger charge is -2.15. The first-order valence-electron chi connectivity index (χ1n) is 16.9. The molecule has 0 saturated carbocycles. The van der Waals surface area contributed by atoms with Gasteiger partial charge < -0.3 is 4.57 Å². The minimum Gasteiger partial charge on any atom is -0.309 e. The predicted octanol–water partition coefficient (Wildman–Crippen LogP) is 12.7. The SMILES string of the molecule is c1ccc2cc(-c3nc(-c4ccc(-n5c6ccccc6c6cc7ccccc7cc65)c5ccccc45)nc4c3sc3ccccc34)ccc2c1. The van der Waals surface area contributed by atoms with Crippen molar-refractivity contribution in [3.05, 3.63) is 164 Å². The third-order valence-electron chi connectivity index (χ3n) is 10.2. The van der Waals surface area contributed by atoms with Crippen molar-refractivity contribution in [3.63, 3.8) is 0 Å². The highest BCUT2D eigenvalue weighted by Gasteiger charge is 2.20. The van der Waals surface area contributed by atoms with Crippen LogP contribution < -0.4 is 0 Å². The second-order valence-electron chi connectivity index (χ2n) is 13.0. The molecule has 0 N–H and O–H groups in total. The largest absolute Gasteiger partial charge is 0.309 e. The Morgan fingerprint density at radius 3 is 1.94 bits per heavy atom. The molecule has 4 heteroatoms. The summed E-state index contributed by atoms with van der Waals surface area (Å²) in [6, 6.07) is 59.0. The Morgan fingerprint density at radius 1 is 0.440 bits per heavy atom. The summed E-state index contributed by atoms with van der Waals surface area (Å²) in [7, 11) is 0. The first kappa shape index (κ1) is 27.6. The summed E-state index contributed by atoms with van der Waals surface area (Å²) in [6.45, 7) is 0. The van der Waals surface area contributed by atoms with E-state index in [9.17, 15) is 0 Å². The van der Waals surface area contributed by atoms with Crippen molar-refractivity contribution in [1.29, 1.82) is 0 Å². The van der Waals surface area contributed by atoms with Crippen LogP contribution >= 0.6 is 11.3 Å². The molecule has 11 rings (SSSR count). The number of nitrogens with zero attached hydrogens (tertiary/aromatic N) is 3. The molecule has 3 heterocycles. The summed E-state index contributed by atoms with van der Waals surface area (Å²) in [5, 5.41) is 10.9. The molecule has 50 heavy (non-hydrogen) atoms.